The lowest BCUT2D eigenvalue weighted by atomic mass is 9.91. The summed E-state index contributed by atoms with van der Waals surface area (Å²) in [5.41, 5.74) is 4.49. The second-order valence-corrected chi connectivity index (χ2v) is 13.0. The Kier molecular flexibility index (Phi) is 7.23. The van der Waals surface area contributed by atoms with Crippen LogP contribution in [0.5, 0.6) is 0 Å². The highest BCUT2D eigenvalue weighted by Gasteiger charge is 2.39. The molecule has 9 nitrogen and oxygen atoms in total. The van der Waals surface area contributed by atoms with Crippen molar-refractivity contribution in [3.8, 4) is 0 Å². The number of aryl methyl sites for hydroxylation is 2. The summed E-state index contributed by atoms with van der Waals surface area (Å²) in [5.74, 6) is 0.0826. The summed E-state index contributed by atoms with van der Waals surface area (Å²) in [6.07, 6.45) is 1.56. The first-order chi connectivity index (χ1) is 18.1. The summed E-state index contributed by atoms with van der Waals surface area (Å²) in [6.45, 7) is 10.1. The molecule has 0 bridgehead atoms. The first-order valence-electron chi connectivity index (χ1n) is 13.4. The van der Waals surface area contributed by atoms with E-state index in [9.17, 15) is 18.0 Å². The predicted octanol–water partition coefficient (Wildman–Crippen LogP) is 2.76. The Balaban J connectivity index is 1.37. The van der Waals surface area contributed by atoms with E-state index in [1.807, 2.05) is 51.1 Å². The molecule has 10 heteroatoms. The number of carbonyl (C=O) groups excluding carboxylic acids is 1. The molecule has 0 aliphatic carbocycles. The van der Waals surface area contributed by atoms with E-state index < -0.39 is 10.0 Å². The molecule has 2 aromatic heterocycles. The second kappa shape index (κ2) is 10.3. The smallest absolute Gasteiger partial charge is 0.254 e. The van der Waals surface area contributed by atoms with Crippen molar-refractivity contribution in [3.63, 3.8) is 0 Å². The van der Waals surface area contributed by atoms with Gasteiger partial charge in [-0.2, -0.15) is 0 Å². The second-order valence-electron chi connectivity index (χ2n) is 10.8. The van der Waals surface area contributed by atoms with Gasteiger partial charge in [0, 0.05) is 66.6 Å². The molecule has 0 spiro atoms. The Morgan fingerprint density at radius 1 is 1.13 bits per heavy atom. The van der Waals surface area contributed by atoms with E-state index in [-0.39, 0.29) is 29.3 Å². The zero-order valence-corrected chi connectivity index (χ0v) is 23.3. The maximum Gasteiger partial charge on any atom is 0.254 e. The van der Waals surface area contributed by atoms with Crippen LogP contribution in [0.1, 0.15) is 58.7 Å². The lowest BCUT2D eigenvalue weighted by molar-refractivity contribution is 0.0951. The van der Waals surface area contributed by atoms with Gasteiger partial charge < -0.3 is 20.2 Å². The molecule has 2 aliphatic heterocycles. The molecule has 2 aliphatic rings. The number of para-hydroxylation sites is 1. The van der Waals surface area contributed by atoms with Crippen LogP contribution in [0.2, 0.25) is 0 Å². The number of aromatic amines is 1. The molecule has 1 unspecified atom stereocenters. The van der Waals surface area contributed by atoms with Gasteiger partial charge in [-0.3, -0.25) is 9.59 Å². The number of fused-ring (bicyclic) bond motifs is 1. The summed E-state index contributed by atoms with van der Waals surface area (Å²) < 4.78 is 29.6. The summed E-state index contributed by atoms with van der Waals surface area (Å²) in [5, 5.41) is 6.61. The third-order valence-electron chi connectivity index (χ3n) is 8.42. The number of piperidine rings is 1. The van der Waals surface area contributed by atoms with Crippen LogP contribution >= 0.6 is 0 Å². The van der Waals surface area contributed by atoms with Crippen LogP contribution in [-0.4, -0.2) is 59.6 Å². The van der Waals surface area contributed by atoms with Crippen LogP contribution in [0.25, 0.3) is 10.9 Å². The van der Waals surface area contributed by atoms with Crippen molar-refractivity contribution in [2.45, 2.75) is 58.4 Å². The summed E-state index contributed by atoms with van der Waals surface area (Å²) in [7, 11) is -3.24. The van der Waals surface area contributed by atoms with Gasteiger partial charge in [0.1, 0.15) is 5.25 Å². The molecule has 38 heavy (non-hydrogen) atoms. The van der Waals surface area contributed by atoms with Crippen LogP contribution < -0.4 is 16.2 Å². The number of aromatic nitrogens is 2. The number of rotatable bonds is 7. The molecule has 5 rings (SSSR count). The van der Waals surface area contributed by atoms with Gasteiger partial charge in [-0.1, -0.05) is 18.2 Å². The third-order valence-corrected chi connectivity index (χ3v) is 10.7. The van der Waals surface area contributed by atoms with Crippen molar-refractivity contribution in [2.24, 2.45) is 5.92 Å². The minimum atomic E-state index is -3.24. The van der Waals surface area contributed by atoms with Gasteiger partial charge in [-0.05, 0) is 64.2 Å². The molecule has 0 saturated carbocycles. The highest BCUT2D eigenvalue weighted by molar-refractivity contribution is 7.89. The predicted molar refractivity (Wildman–Crippen MR) is 149 cm³/mol. The fourth-order valence-corrected chi connectivity index (χ4v) is 7.87. The molecule has 2 fully saturated rings. The van der Waals surface area contributed by atoms with E-state index in [0.717, 1.165) is 40.7 Å². The van der Waals surface area contributed by atoms with E-state index in [0.29, 0.717) is 43.2 Å². The number of nitrogens with zero attached hydrogens (tertiary/aromatic N) is 2. The zero-order valence-electron chi connectivity index (χ0n) is 22.5. The van der Waals surface area contributed by atoms with Crippen molar-refractivity contribution in [1.29, 1.82) is 0 Å². The summed E-state index contributed by atoms with van der Waals surface area (Å²) in [4.78, 5) is 28.7. The molecule has 4 heterocycles. The minimum absolute atomic E-state index is 0.0962. The van der Waals surface area contributed by atoms with Gasteiger partial charge >= 0.3 is 0 Å². The molecule has 1 atom stereocenters. The van der Waals surface area contributed by atoms with Crippen molar-refractivity contribution in [2.75, 3.05) is 26.2 Å². The molecule has 2 saturated heterocycles. The number of sulfonamides is 1. The number of hydrogen-bond donors (Lipinski definition) is 3. The highest BCUT2D eigenvalue weighted by Crippen LogP contribution is 2.36. The van der Waals surface area contributed by atoms with E-state index >= 15 is 0 Å². The van der Waals surface area contributed by atoms with Crippen LogP contribution in [0.4, 0.5) is 0 Å². The molecule has 1 aromatic carbocycles. The Morgan fingerprint density at radius 2 is 1.82 bits per heavy atom. The normalized spacial score (nSPS) is 18.4. The standard InChI is InChI=1S/C28H37N5O4S/c1-17-13-18(2)31-27(34)24(17)16-30-28(35)26-20(4)33(25-8-6-5-7-23(25)26)19(3)21-9-11-32(12-10-21)38(36,37)22-14-29-15-22/h5-8,13,19,21-22,29H,9-12,14-16H2,1-4H3,(H,30,35)(H,31,34). The van der Waals surface area contributed by atoms with E-state index in [1.165, 1.54) is 0 Å². The Morgan fingerprint density at radius 3 is 2.45 bits per heavy atom. The van der Waals surface area contributed by atoms with Crippen molar-refractivity contribution in [3.05, 3.63) is 68.8 Å². The third kappa shape index (κ3) is 4.69. The Labute approximate surface area is 223 Å². The quantitative estimate of drug-likeness (QED) is 0.427. The highest BCUT2D eigenvalue weighted by atomic mass is 32.2. The average molecular weight is 540 g/mol. The van der Waals surface area contributed by atoms with Gasteiger partial charge in [-0.15, -0.1) is 0 Å². The number of nitrogens with one attached hydrogen (secondary N) is 3. The van der Waals surface area contributed by atoms with Gasteiger partial charge in [0.2, 0.25) is 10.0 Å². The summed E-state index contributed by atoms with van der Waals surface area (Å²) >= 11 is 0. The summed E-state index contributed by atoms with van der Waals surface area (Å²) in [6, 6.07) is 9.91. The Hall–Kier alpha value is -2.95. The van der Waals surface area contributed by atoms with Crippen LogP contribution in [0, 0.1) is 26.7 Å². The van der Waals surface area contributed by atoms with Gasteiger partial charge in [0.15, 0.2) is 0 Å². The maximum atomic E-state index is 13.5. The first-order valence-corrected chi connectivity index (χ1v) is 14.9. The van der Waals surface area contributed by atoms with Crippen molar-refractivity contribution >= 4 is 26.8 Å². The monoisotopic (exact) mass is 539 g/mol. The van der Waals surface area contributed by atoms with Gasteiger partial charge in [0.25, 0.3) is 11.5 Å². The lowest BCUT2D eigenvalue weighted by Gasteiger charge is -2.38. The Bertz CT molecular complexity index is 1530. The average Bonchev–Trinajstić information content (AvgIpc) is 3.13. The number of pyridine rings is 1. The lowest BCUT2D eigenvalue weighted by Crippen LogP contribution is -2.57. The van der Waals surface area contributed by atoms with Crippen LogP contribution in [0.3, 0.4) is 0 Å². The molecule has 204 valence electrons. The van der Waals surface area contributed by atoms with Crippen molar-refractivity contribution < 1.29 is 13.2 Å². The topological polar surface area (TPSA) is 116 Å². The van der Waals surface area contributed by atoms with Crippen molar-refractivity contribution in [1.82, 2.24) is 24.5 Å². The fourth-order valence-electron chi connectivity index (χ4n) is 6.07. The van der Waals surface area contributed by atoms with Gasteiger partial charge in [-0.25, -0.2) is 12.7 Å². The fraction of sp³-hybridized carbons (Fsp3) is 0.500. The SMILES string of the molecule is Cc1cc(C)c(CNC(=O)c2c(C)n(C(C)C3CCN(S(=O)(=O)C4CNC4)CC3)c3ccccc23)c(=O)[nH]1. The van der Waals surface area contributed by atoms with Crippen LogP contribution in [-0.2, 0) is 16.6 Å². The molecule has 1 amide bonds. The van der Waals surface area contributed by atoms with E-state index in [1.54, 1.807) is 4.31 Å². The molecule has 0 radical (unpaired) electrons. The maximum absolute atomic E-state index is 13.5. The molecular formula is C28H37N5O4S. The minimum Gasteiger partial charge on any atom is -0.348 e. The molecule has 3 N–H and O–H groups in total. The van der Waals surface area contributed by atoms with E-state index in [4.69, 9.17) is 0 Å². The number of hydrogen-bond acceptors (Lipinski definition) is 5. The number of benzene rings is 1. The van der Waals surface area contributed by atoms with E-state index in [2.05, 4.69) is 27.1 Å². The zero-order chi connectivity index (χ0) is 27.2. The number of H-pyrrole nitrogens is 1. The number of amides is 1. The first kappa shape index (κ1) is 26.6. The van der Waals surface area contributed by atoms with Crippen LogP contribution in [0.15, 0.2) is 35.1 Å². The largest absolute Gasteiger partial charge is 0.348 e. The van der Waals surface area contributed by atoms with Gasteiger partial charge in [0.05, 0.1) is 5.56 Å². The molecule has 3 aromatic rings. The molecular weight excluding hydrogens is 502 g/mol. The number of carbonyl (C=O) groups is 1.